The van der Waals surface area contributed by atoms with Gasteiger partial charge in [0.05, 0.1) is 36.5 Å². The predicted octanol–water partition coefficient (Wildman–Crippen LogP) is 0.961. The molecule has 2 rings (SSSR count). The molecule has 1 aliphatic rings. The lowest BCUT2D eigenvalue weighted by Gasteiger charge is -2.26. The maximum atomic E-state index is 11.5. The molecule has 0 spiro atoms. The fourth-order valence-electron chi connectivity index (χ4n) is 2.36. The second-order valence-electron chi connectivity index (χ2n) is 7.30. The Morgan fingerprint density at radius 1 is 1.22 bits per heavy atom. The van der Waals surface area contributed by atoms with Gasteiger partial charge in [-0.25, -0.2) is 13.1 Å². The van der Waals surface area contributed by atoms with Crippen molar-refractivity contribution in [2.75, 3.05) is 37.8 Å². The van der Waals surface area contributed by atoms with Crippen LogP contribution in [-0.2, 0) is 27.7 Å². The zero-order valence-electron chi connectivity index (χ0n) is 14.4. The third-order valence-corrected chi connectivity index (χ3v) is 5.57. The molecule has 1 fully saturated rings. The first kappa shape index (κ1) is 18.4. The quantitative estimate of drug-likeness (QED) is 0.686. The number of hydrogen-bond acceptors (Lipinski definition) is 6. The van der Waals surface area contributed by atoms with Crippen molar-refractivity contribution in [1.29, 1.82) is 0 Å². The summed E-state index contributed by atoms with van der Waals surface area (Å²) in [6.07, 6.45) is 2.78. The number of ether oxygens (including phenoxy) is 1. The molecular formula is C15H28N4O3S. The molecule has 0 aliphatic carbocycles. The van der Waals surface area contributed by atoms with Gasteiger partial charge < -0.3 is 4.74 Å². The molecule has 1 saturated heterocycles. The van der Waals surface area contributed by atoms with E-state index in [1.165, 1.54) is 0 Å². The summed E-state index contributed by atoms with van der Waals surface area (Å²) in [6.45, 7) is 10.5. The van der Waals surface area contributed by atoms with Crippen LogP contribution < -0.4 is 0 Å². The second-order valence-corrected chi connectivity index (χ2v) is 9.60. The van der Waals surface area contributed by atoms with Crippen molar-refractivity contribution >= 4 is 9.84 Å². The summed E-state index contributed by atoms with van der Waals surface area (Å²) in [7, 11) is -2.84. The number of nitrogens with zero attached hydrogens (tertiary/aromatic N) is 4. The number of sulfone groups is 1. The highest BCUT2D eigenvalue weighted by atomic mass is 32.2. The van der Waals surface area contributed by atoms with Gasteiger partial charge in [0.25, 0.3) is 0 Å². The Balaban J connectivity index is 1.74. The molecule has 1 aromatic heterocycles. The van der Waals surface area contributed by atoms with E-state index >= 15 is 0 Å². The van der Waals surface area contributed by atoms with Crippen molar-refractivity contribution in [2.24, 2.45) is 5.41 Å². The molecule has 0 N–H and O–H groups in total. The Morgan fingerprint density at radius 2 is 1.91 bits per heavy atom. The zero-order valence-corrected chi connectivity index (χ0v) is 15.2. The Labute approximate surface area is 138 Å². The van der Waals surface area contributed by atoms with E-state index in [1.54, 1.807) is 6.20 Å². The van der Waals surface area contributed by atoms with Gasteiger partial charge in [-0.2, -0.15) is 0 Å². The standard InChI is InChI=1S/C15H28N4O3S/c1-15(2,3)4-8-22-9-5-19-14(12-16-17-19)13-18-6-10-23(20,21)11-7-18/h12H,4-11,13H2,1-3H3. The van der Waals surface area contributed by atoms with Crippen LogP contribution in [0, 0.1) is 5.41 Å². The molecule has 8 heteroatoms. The van der Waals surface area contributed by atoms with Crippen molar-refractivity contribution in [3.63, 3.8) is 0 Å². The Bertz CT molecular complexity index is 578. The molecule has 7 nitrogen and oxygen atoms in total. The van der Waals surface area contributed by atoms with Gasteiger partial charge >= 0.3 is 0 Å². The van der Waals surface area contributed by atoms with Crippen LogP contribution in [0.25, 0.3) is 0 Å². The van der Waals surface area contributed by atoms with E-state index in [1.807, 2.05) is 4.68 Å². The molecule has 0 amide bonds. The monoisotopic (exact) mass is 344 g/mol. The molecule has 1 aliphatic heterocycles. The van der Waals surface area contributed by atoms with Crippen LogP contribution in [0.2, 0.25) is 0 Å². The molecule has 2 heterocycles. The SMILES string of the molecule is CC(C)(C)CCOCCn1nncc1CN1CCS(=O)(=O)CC1. The minimum absolute atomic E-state index is 0.241. The van der Waals surface area contributed by atoms with E-state index in [2.05, 4.69) is 36.0 Å². The highest BCUT2D eigenvalue weighted by molar-refractivity contribution is 7.91. The lowest BCUT2D eigenvalue weighted by atomic mass is 9.93. The molecule has 0 unspecified atom stereocenters. The van der Waals surface area contributed by atoms with Crippen molar-refractivity contribution in [3.05, 3.63) is 11.9 Å². The van der Waals surface area contributed by atoms with Gasteiger partial charge in [0.15, 0.2) is 9.84 Å². The second kappa shape index (κ2) is 7.72. The number of hydrogen-bond donors (Lipinski definition) is 0. The van der Waals surface area contributed by atoms with Crippen molar-refractivity contribution in [1.82, 2.24) is 19.9 Å². The van der Waals surface area contributed by atoms with E-state index < -0.39 is 9.84 Å². The summed E-state index contributed by atoms with van der Waals surface area (Å²) in [5.41, 5.74) is 1.29. The minimum Gasteiger partial charge on any atom is -0.380 e. The van der Waals surface area contributed by atoms with Crippen LogP contribution >= 0.6 is 0 Å². The van der Waals surface area contributed by atoms with Gasteiger partial charge in [0.1, 0.15) is 0 Å². The van der Waals surface area contributed by atoms with Crippen molar-refractivity contribution in [2.45, 2.75) is 40.3 Å². The van der Waals surface area contributed by atoms with Crippen LogP contribution in [0.3, 0.4) is 0 Å². The largest absolute Gasteiger partial charge is 0.380 e. The number of rotatable bonds is 7. The van der Waals surface area contributed by atoms with Crippen LogP contribution in [0.1, 0.15) is 32.9 Å². The third kappa shape index (κ3) is 6.56. The van der Waals surface area contributed by atoms with E-state index in [9.17, 15) is 8.42 Å². The number of aromatic nitrogens is 3. The van der Waals surface area contributed by atoms with E-state index in [4.69, 9.17) is 4.74 Å². The molecule has 23 heavy (non-hydrogen) atoms. The van der Waals surface area contributed by atoms with E-state index in [0.29, 0.717) is 32.8 Å². The summed E-state index contributed by atoms with van der Waals surface area (Å²) >= 11 is 0. The highest BCUT2D eigenvalue weighted by Gasteiger charge is 2.22. The van der Waals surface area contributed by atoms with Gasteiger partial charge in [-0.15, -0.1) is 5.10 Å². The smallest absolute Gasteiger partial charge is 0.152 e. The fourth-order valence-corrected chi connectivity index (χ4v) is 3.64. The van der Waals surface area contributed by atoms with Gasteiger partial charge in [0.2, 0.25) is 0 Å². The van der Waals surface area contributed by atoms with Gasteiger partial charge in [-0.3, -0.25) is 4.90 Å². The summed E-state index contributed by atoms with van der Waals surface area (Å²) < 4.78 is 30.5. The lowest BCUT2D eigenvalue weighted by molar-refractivity contribution is 0.0985. The topological polar surface area (TPSA) is 77.3 Å². The normalized spacial score (nSPS) is 19.1. The molecule has 0 bridgehead atoms. The van der Waals surface area contributed by atoms with Gasteiger partial charge in [0, 0.05) is 26.2 Å². The summed E-state index contributed by atoms with van der Waals surface area (Å²) in [5, 5.41) is 8.07. The average molecular weight is 344 g/mol. The molecule has 132 valence electrons. The average Bonchev–Trinajstić information content (AvgIpc) is 2.87. The summed E-state index contributed by atoms with van der Waals surface area (Å²) in [6, 6.07) is 0. The third-order valence-electron chi connectivity index (χ3n) is 3.96. The lowest BCUT2D eigenvalue weighted by Crippen LogP contribution is -2.40. The molecule has 0 saturated carbocycles. The Hall–Kier alpha value is -0.990. The van der Waals surface area contributed by atoms with Gasteiger partial charge in [-0.05, 0) is 11.8 Å². The van der Waals surface area contributed by atoms with Gasteiger partial charge in [-0.1, -0.05) is 26.0 Å². The summed E-state index contributed by atoms with van der Waals surface area (Å²) in [4.78, 5) is 2.14. The van der Waals surface area contributed by atoms with E-state index in [0.717, 1.165) is 18.7 Å². The first-order valence-corrected chi connectivity index (χ1v) is 9.95. The molecule has 1 aromatic rings. The molecule has 0 radical (unpaired) electrons. The molecule has 0 atom stereocenters. The summed E-state index contributed by atoms with van der Waals surface area (Å²) in [5.74, 6) is 0.481. The van der Waals surface area contributed by atoms with E-state index in [-0.39, 0.29) is 16.9 Å². The minimum atomic E-state index is -2.84. The highest BCUT2D eigenvalue weighted by Crippen LogP contribution is 2.17. The maximum absolute atomic E-state index is 11.5. The van der Waals surface area contributed by atoms with Crippen molar-refractivity contribution in [3.8, 4) is 0 Å². The van der Waals surface area contributed by atoms with Crippen molar-refractivity contribution < 1.29 is 13.2 Å². The Kier molecular flexibility index (Phi) is 6.16. The van der Waals surface area contributed by atoms with Crippen LogP contribution in [0.15, 0.2) is 6.20 Å². The predicted molar refractivity (Wildman–Crippen MR) is 88.8 cm³/mol. The first-order valence-electron chi connectivity index (χ1n) is 8.13. The first-order chi connectivity index (χ1) is 10.8. The molecular weight excluding hydrogens is 316 g/mol. The zero-order chi connectivity index (χ0) is 16.9. The van der Waals surface area contributed by atoms with Crippen LogP contribution in [0.4, 0.5) is 0 Å². The maximum Gasteiger partial charge on any atom is 0.152 e. The fraction of sp³-hybridized carbons (Fsp3) is 0.867. The Morgan fingerprint density at radius 3 is 2.57 bits per heavy atom. The van der Waals surface area contributed by atoms with Crippen LogP contribution in [0.5, 0.6) is 0 Å². The van der Waals surface area contributed by atoms with Crippen LogP contribution in [-0.4, -0.2) is 66.1 Å². The molecule has 0 aromatic carbocycles.